The monoisotopic (exact) mass is 253 g/mol. The van der Waals surface area contributed by atoms with Gasteiger partial charge in [-0.3, -0.25) is 0 Å². The summed E-state index contributed by atoms with van der Waals surface area (Å²) in [5.41, 5.74) is 1.31. The van der Waals surface area contributed by atoms with E-state index >= 15 is 0 Å². The van der Waals surface area contributed by atoms with Gasteiger partial charge in [0.25, 0.3) is 0 Å². The highest BCUT2D eigenvalue weighted by Gasteiger charge is 2.17. The Bertz CT molecular complexity index is 482. The van der Waals surface area contributed by atoms with Gasteiger partial charge >= 0.3 is 0 Å². The first-order chi connectivity index (χ1) is 8.22. The van der Waals surface area contributed by atoms with Gasteiger partial charge in [0.2, 0.25) is 0 Å². The minimum absolute atomic E-state index is 0.290. The summed E-state index contributed by atoms with van der Waals surface area (Å²) < 4.78 is 26.9. The van der Waals surface area contributed by atoms with E-state index in [1.165, 1.54) is 12.1 Å². The number of rotatable bonds is 4. The molecule has 0 aliphatic rings. The Hall–Kier alpha value is -1.26. The Morgan fingerprint density at radius 1 is 1.29 bits per heavy atom. The molecule has 2 aromatic rings. The van der Waals surface area contributed by atoms with E-state index in [0.717, 1.165) is 11.6 Å². The summed E-state index contributed by atoms with van der Waals surface area (Å²) in [6.07, 6.45) is 0. The number of hydrogen-bond acceptors (Lipinski definition) is 2. The first-order valence-corrected chi connectivity index (χ1v) is 6.37. The fraction of sp³-hybridized carbons (Fsp3) is 0.231. The summed E-state index contributed by atoms with van der Waals surface area (Å²) >= 11 is 1.54. The summed E-state index contributed by atoms with van der Waals surface area (Å²) in [7, 11) is 0. The highest BCUT2D eigenvalue weighted by molar-refractivity contribution is 7.08. The molecule has 0 radical (unpaired) electrons. The maximum absolute atomic E-state index is 13.7. The van der Waals surface area contributed by atoms with Crippen LogP contribution in [0.25, 0.3) is 0 Å². The largest absolute Gasteiger partial charge is 0.306 e. The predicted molar refractivity (Wildman–Crippen MR) is 66.2 cm³/mol. The summed E-state index contributed by atoms with van der Waals surface area (Å²) in [5, 5.41) is 7.04. The lowest BCUT2D eigenvalue weighted by Gasteiger charge is -2.18. The van der Waals surface area contributed by atoms with Gasteiger partial charge in [-0.1, -0.05) is 6.92 Å². The Kier molecular flexibility index (Phi) is 3.86. The van der Waals surface area contributed by atoms with Crippen LogP contribution in [-0.4, -0.2) is 6.54 Å². The van der Waals surface area contributed by atoms with Crippen molar-refractivity contribution in [3.63, 3.8) is 0 Å². The molecule has 0 aliphatic carbocycles. The highest BCUT2D eigenvalue weighted by atomic mass is 32.1. The number of halogens is 2. The molecule has 0 saturated carbocycles. The number of hydrogen-bond donors (Lipinski definition) is 1. The predicted octanol–water partition coefficient (Wildman–Crippen LogP) is 3.73. The van der Waals surface area contributed by atoms with Gasteiger partial charge in [0.15, 0.2) is 0 Å². The first kappa shape index (κ1) is 12.2. The second-order valence-electron chi connectivity index (χ2n) is 3.71. The van der Waals surface area contributed by atoms with E-state index in [9.17, 15) is 8.78 Å². The normalized spacial score (nSPS) is 12.6. The molecular formula is C13H13F2NS. The second-order valence-corrected chi connectivity index (χ2v) is 4.49. The standard InChI is InChI=1S/C13H13F2NS/c1-2-16-13(9-5-6-17-8-9)11-7-10(14)3-4-12(11)15/h3-8,13,16H,2H2,1H3. The fourth-order valence-electron chi connectivity index (χ4n) is 1.79. The van der Waals surface area contributed by atoms with Crippen LogP contribution in [0, 0.1) is 11.6 Å². The lowest BCUT2D eigenvalue weighted by Crippen LogP contribution is -2.22. The van der Waals surface area contributed by atoms with Gasteiger partial charge in [-0.15, -0.1) is 0 Å². The van der Waals surface area contributed by atoms with Gasteiger partial charge in [-0.2, -0.15) is 11.3 Å². The molecule has 0 aliphatic heterocycles. The summed E-state index contributed by atoms with van der Waals surface area (Å²) in [6, 6.07) is 5.18. The van der Waals surface area contributed by atoms with E-state index in [1.54, 1.807) is 11.3 Å². The molecule has 1 N–H and O–H groups in total. The third-order valence-electron chi connectivity index (χ3n) is 2.55. The van der Waals surface area contributed by atoms with Gasteiger partial charge in [-0.05, 0) is 47.1 Å². The number of nitrogens with one attached hydrogen (secondary N) is 1. The Balaban J connectivity index is 2.42. The molecule has 0 saturated heterocycles. The molecule has 90 valence electrons. The van der Waals surface area contributed by atoms with Crippen LogP contribution in [0.15, 0.2) is 35.0 Å². The summed E-state index contributed by atoms with van der Waals surface area (Å²) in [4.78, 5) is 0. The van der Waals surface area contributed by atoms with Crippen LogP contribution in [0.3, 0.4) is 0 Å². The van der Waals surface area contributed by atoms with Crippen molar-refractivity contribution in [1.29, 1.82) is 0 Å². The minimum atomic E-state index is -0.417. The third kappa shape index (κ3) is 2.70. The van der Waals surface area contributed by atoms with Crippen molar-refractivity contribution in [2.45, 2.75) is 13.0 Å². The lowest BCUT2D eigenvalue weighted by molar-refractivity contribution is 0.545. The van der Waals surface area contributed by atoms with E-state index in [4.69, 9.17) is 0 Å². The van der Waals surface area contributed by atoms with Crippen molar-refractivity contribution in [3.05, 3.63) is 57.8 Å². The molecular weight excluding hydrogens is 240 g/mol. The molecule has 0 amide bonds. The molecule has 1 nitrogen and oxygen atoms in total. The van der Waals surface area contributed by atoms with Gasteiger partial charge in [-0.25, -0.2) is 8.78 Å². The third-order valence-corrected chi connectivity index (χ3v) is 3.26. The van der Waals surface area contributed by atoms with Gasteiger partial charge in [0.05, 0.1) is 6.04 Å². The summed E-state index contributed by atoms with van der Waals surface area (Å²) in [5.74, 6) is -0.803. The van der Waals surface area contributed by atoms with Crippen LogP contribution >= 0.6 is 11.3 Å². The maximum Gasteiger partial charge on any atom is 0.128 e. The molecule has 0 fully saturated rings. The van der Waals surface area contributed by atoms with Crippen molar-refractivity contribution in [2.24, 2.45) is 0 Å². The Morgan fingerprint density at radius 3 is 2.76 bits per heavy atom. The van der Waals surface area contributed by atoms with E-state index in [0.29, 0.717) is 12.1 Å². The number of thiophene rings is 1. The lowest BCUT2D eigenvalue weighted by atomic mass is 10.0. The molecule has 1 aromatic carbocycles. The molecule has 1 aromatic heterocycles. The van der Waals surface area contributed by atoms with Crippen LogP contribution in [-0.2, 0) is 0 Å². The van der Waals surface area contributed by atoms with Crippen LogP contribution < -0.4 is 5.32 Å². The van der Waals surface area contributed by atoms with Crippen molar-refractivity contribution in [1.82, 2.24) is 5.32 Å². The molecule has 0 spiro atoms. The zero-order chi connectivity index (χ0) is 12.3. The molecule has 1 unspecified atom stereocenters. The zero-order valence-electron chi connectivity index (χ0n) is 9.41. The van der Waals surface area contributed by atoms with Gasteiger partial charge < -0.3 is 5.32 Å². The Labute approximate surface area is 103 Å². The van der Waals surface area contributed by atoms with Gasteiger partial charge in [0, 0.05) is 5.56 Å². The van der Waals surface area contributed by atoms with E-state index < -0.39 is 5.82 Å². The quantitative estimate of drug-likeness (QED) is 0.875. The van der Waals surface area contributed by atoms with Crippen molar-refractivity contribution >= 4 is 11.3 Å². The van der Waals surface area contributed by atoms with E-state index in [-0.39, 0.29) is 11.9 Å². The fourth-order valence-corrected chi connectivity index (χ4v) is 2.47. The van der Waals surface area contributed by atoms with Crippen LogP contribution in [0.1, 0.15) is 24.1 Å². The van der Waals surface area contributed by atoms with E-state index in [2.05, 4.69) is 5.32 Å². The van der Waals surface area contributed by atoms with Crippen LogP contribution in [0.5, 0.6) is 0 Å². The molecule has 4 heteroatoms. The van der Waals surface area contributed by atoms with Crippen molar-refractivity contribution in [3.8, 4) is 0 Å². The molecule has 1 atom stereocenters. The van der Waals surface area contributed by atoms with Gasteiger partial charge in [0.1, 0.15) is 11.6 Å². The van der Waals surface area contributed by atoms with E-state index in [1.807, 2.05) is 23.8 Å². The average Bonchev–Trinajstić information content (AvgIpc) is 2.83. The average molecular weight is 253 g/mol. The zero-order valence-corrected chi connectivity index (χ0v) is 10.2. The SMILES string of the molecule is CCNC(c1ccsc1)c1cc(F)ccc1F. The van der Waals surface area contributed by atoms with Crippen LogP contribution in [0.4, 0.5) is 8.78 Å². The molecule has 1 heterocycles. The summed E-state index contributed by atoms with van der Waals surface area (Å²) in [6.45, 7) is 2.63. The smallest absolute Gasteiger partial charge is 0.128 e. The number of benzene rings is 1. The van der Waals surface area contributed by atoms with Crippen molar-refractivity contribution < 1.29 is 8.78 Å². The van der Waals surface area contributed by atoms with Crippen molar-refractivity contribution in [2.75, 3.05) is 6.54 Å². The Morgan fingerprint density at radius 2 is 2.12 bits per heavy atom. The molecule has 2 rings (SSSR count). The first-order valence-electron chi connectivity index (χ1n) is 5.42. The highest BCUT2D eigenvalue weighted by Crippen LogP contribution is 2.26. The second kappa shape index (κ2) is 5.38. The molecule has 17 heavy (non-hydrogen) atoms. The minimum Gasteiger partial charge on any atom is -0.306 e. The topological polar surface area (TPSA) is 12.0 Å². The van der Waals surface area contributed by atoms with Crippen LogP contribution in [0.2, 0.25) is 0 Å². The maximum atomic E-state index is 13.7. The molecule has 0 bridgehead atoms.